The Morgan fingerprint density at radius 1 is 1.52 bits per heavy atom. The molecule has 1 aromatic heterocycles. The van der Waals surface area contributed by atoms with Gasteiger partial charge in [0, 0.05) is 32.2 Å². The highest BCUT2D eigenvalue weighted by atomic mass is 127. The number of hydrogen-bond acceptors (Lipinski definition) is 4. The number of furan rings is 1. The Kier molecular flexibility index (Phi) is 7.37. The van der Waals surface area contributed by atoms with Gasteiger partial charge in [0.1, 0.15) is 5.60 Å². The molecule has 2 heterocycles. The standard InChI is InChI=1S/C16H25N3O3.HI/c1-16(2,3)22-14(20)13-5-7-19(10-13)15(17-4)18-9-12-6-8-21-11-12;/h6,8,11,13H,5,7,9-10H2,1-4H3,(H,17,18);1H. The maximum absolute atomic E-state index is 12.1. The first-order valence-corrected chi connectivity index (χ1v) is 7.58. The number of likely N-dealkylation sites (tertiary alicyclic amines) is 1. The van der Waals surface area contributed by atoms with Crippen LogP contribution in [0.15, 0.2) is 28.0 Å². The van der Waals surface area contributed by atoms with Crippen molar-refractivity contribution in [2.45, 2.75) is 39.3 Å². The molecule has 0 aromatic carbocycles. The Labute approximate surface area is 154 Å². The summed E-state index contributed by atoms with van der Waals surface area (Å²) in [7, 11) is 1.75. The molecule has 0 saturated carbocycles. The number of guanidine groups is 1. The molecule has 23 heavy (non-hydrogen) atoms. The average Bonchev–Trinajstić information content (AvgIpc) is 3.08. The van der Waals surface area contributed by atoms with Crippen molar-refractivity contribution in [1.29, 1.82) is 0 Å². The van der Waals surface area contributed by atoms with Gasteiger partial charge in [-0.25, -0.2) is 0 Å². The fraction of sp³-hybridized carbons (Fsp3) is 0.625. The van der Waals surface area contributed by atoms with E-state index in [9.17, 15) is 4.79 Å². The average molecular weight is 435 g/mol. The molecule has 1 aliphatic rings. The minimum atomic E-state index is -0.439. The molecule has 1 fully saturated rings. The van der Waals surface area contributed by atoms with E-state index in [0.717, 1.165) is 24.5 Å². The highest BCUT2D eigenvalue weighted by Gasteiger charge is 2.33. The summed E-state index contributed by atoms with van der Waals surface area (Å²) in [5, 5.41) is 3.29. The van der Waals surface area contributed by atoms with E-state index < -0.39 is 5.60 Å². The molecule has 1 aliphatic heterocycles. The van der Waals surface area contributed by atoms with Crippen molar-refractivity contribution in [3.8, 4) is 0 Å². The molecule has 0 amide bonds. The molecule has 0 aliphatic carbocycles. The summed E-state index contributed by atoms with van der Waals surface area (Å²) in [6.07, 6.45) is 4.14. The van der Waals surface area contributed by atoms with Crippen molar-refractivity contribution >= 4 is 35.9 Å². The van der Waals surface area contributed by atoms with E-state index in [1.165, 1.54) is 0 Å². The molecule has 0 spiro atoms. The SMILES string of the molecule is CN=C(NCc1ccoc1)N1CCC(C(=O)OC(C)(C)C)C1.I. The van der Waals surface area contributed by atoms with Crippen LogP contribution in [-0.2, 0) is 16.1 Å². The number of rotatable bonds is 3. The van der Waals surface area contributed by atoms with E-state index in [1.807, 2.05) is 26.8 Å². The molecular weight excluding hydrogens is 409 g/mol. The molecule has 0 bridgehead atoms. The number of aliphatic imine (C=N–C) groups is 1. The summed E-state index contributed by atoms with van der Waals surface area (Å²) >= 11 is 0. The van der Waals surface area contributed by atoms with Crippen LogP contribution < -0.4 is 5.32 Å². The number of nitrogens with zero attached hydrogens (tertiary/aromatic N) is 2. The molecule has 6 nitrogen and oxygen atoms in total. The second-order valence-electron chi connectivity index (χ2n) is 6.50. The third-order valence-corrected chi connectivity index (χ3v) is 3.47. The Morgan fingerprint density at radius 3 is 2.83 bits per heavy atom. The smallest absolute Gasteiger partial charge is 0.311 e. The van der Waals surface area contributed by atoms with E-state index in [4.69, 9.17) is 9.15 Å². The molecule has 1 atom stereocenters. The van der Waals surface area contributed by atoms with Gasteiger partial charge in [-0.1, -0.05) is 0 Å². The van der Waals surface area contributed by atoms with Crippen molar-refractivity contribution in [2.75, 3.05) is 20.1 Å². The molecule has 1 aromatic rings. The number of hydrogen-bond donors (Lipinski definition) is 1. The first kappa shape index (κ1) is 19.8. The fourth-order valence-electron chi connectivity index (χ4n) is 2.44. The number of carbonyl (C=O) groups excluding carboxylic acids is 1. The lowest BCUT2D eigenvalue weighted by molar-refractivity contribution is -0.159. The van der Waals surface area contributed by atoms with Crippen molar-refractivity contribution in [3.63, 3.8) is 0 Å². The van der Waals surface area contributed by atoms with Gasteiger partial charge in [-0.05, 0) is 33.3 Å². The van der Waals surface area contributed by atoms with E-state index in [0.29, 0.717) is 13.1 Å². The zero-order valence-electron chi connectivity index (χ0n) is 14.2. The number of ether oxygens (including phenoxy) is 1. The predicted molar refractivity (Wildman–Crippen MR) is 99.8 cm³/mol. The Morgan fingerprint density at radius 2 is 2.26 bits per heavy atom. The van der Waals surface area contributed by atoms with Gasteiger partial charge in [-0.2, -0.15) is 0 Å². The van der Waals surface area contributed by atoms with Crippen LogP contribution in [0.2, 0.25) is 0 Å². The van der Waals surface area contributed by atoms with Crippen LogP contribution in [0.4, 0.5) is 0 Å². The van der Waals surface area contributed by atoms with Gasteiger partial charge in [0.05, 0.1) is 18.4 Å². The predicted octanol–water partition coefficient (Wildman–Crippen LogP) is 2.64. The second-order valence-corrected chi connectivity index (χ2v) is 6.50. The van der Waals surface area contributed by atoms with E-state index in [1.54, 1.807) is 19.6 Å². The van der Waals surface area contributed by atoms with Crippen molar-refractivity contribution in [3.05, 3.63) is 24.2 Å². The van der Waals surface area contributed by atoms with Crippen LogP contribution in [0.5, 0.6) is 0 Å². The molecule has 1 saturated heterocycles. The zero-order valence-corrected chi connectivity index (χ0v) is 16.5. The summed E-state index contributed by atoms with van der Waals surface area (Å²) < 4.78 is 10.5. The molecule has 2 rings (SSSR count). The lowest BCUT2D eigenvalue weighted by Gasteiger charge is -2.23. The largest absolute Gasteiger partial charge is 0.472 e. The van der Waals surface area contributed by atoms with Crippen molar-refractivity contribution < 1.29 is 13.9 Å². The van der Waals surface area contributed by atoms with Gasteiger partial charge in [0.15, 0.2) is 5.96 Å². The Bertz CT molecular complexity index is 523. The molecule has 7 heteroatoms. The first-order chi connectivity index (χ1) is 10.4. The highest BCUT2D eigenvalue weighted by molar-refractivity contribution is 14.0. The molecule has 0 radical (unpaired) electrons. The van der Waals surface area contributed by atoms with E-state index >= 15 is 0 Å². The summed E-state index contributed by atoms with van der Waals surface area (Å²) in [5.74, 6) is 0.583. The minimum Gasteiger partial charge on any atom is -0.472 e. The second kappa shape index (κ2) is 8.56. The van der Waals surface area contributed by atoms with Crippen molar-refractivity contribution in [1.82, 2.24) is 10.2 Å². The Balaban J connectivity index is 0.00000264. The van der Waals surface area contributed by atoms with Crippen LogP contribution >= 0.6 is 24.0 Å². The summed E-state index contributed by atoms with van der Waals surface area (Å²) in [4.78, 5) is 18.5. The molecule has 1 N–H and O–H groups in total. The number of halogens is 1. The van der Waals surface area contributed by atoms with Crippen LogP contribution in [0.25, 0.3) is 0 Å². The molecule has 1 unspecified atom stereocenters. The summed E-state index contributed by atoms with van der Waals surface area (Å²) in [6, 6.07) is 1.91. The molecule has 130 valence electrons. The number of carbonyl (C=O) groups is 1. The quantitative estimate of drug-likeness (QED) is 0.342. The first-order valence-electron chi connectivity index (χ1n) is 7.58. The monoisotopic (exact) mass is 435 g/mol. The maximum Gasteiger partial charge on any atom is 0.311 e. The summed E-state index contributed by atoms with van der Waals surface area (Å²) in [6.45, 7) is 7.76. The van der Waals surface area contributed by atoms with Gasteiger partial charge in [-0.3, -0.25) is 9.79 Å². The minimum absolute atomic E-state index is 0. The van der Waals surface area contributed by atoms with E-state index in [2.05, 4.69) is 15.2 Å². The lowest BCUT2D eigenvalue weighted by atomic mass is 10.1. The summed E-state index contributed by atoms with van der Waals surface area (Å²) in [5.41, 5.74) is 0.621. The number of nitrogens with one attached hydrogen (secondary N) is 1. The van der Waals surface area contributed by atoms with E-state index in [-0.39, 0.29) is 35.9 Å². The normalized spacial score (nSPS) is 18.5. The van der Waals surface area contributed by atoms with Crippen molar-refractivity contribution in [2.24, 2.45) is 10.9 Å². The van der Waals surface area contributed by atoms with Crippen LogP contribution in [-0.4, -0.2) is 42.6 Å². The van der Waals surface area contributed by atoms with Crippen LogP contribution in [0.3, 0.4) is 0 Å². The molecular formula is C16H26IN3O3. The fourth-order valence-corrected chi connectivity index (χ4v) is 2.44. The van der Waals surface area contributed by atoms with Gasteiger partial charge >= 0.3 is 5.97 Å². The third kappa shape index (κ3) is 6.04. The van der Waals surface area contributed by atoms with Gasteiger partial charge < -0.3 is 19.4 Å². The Hall–Kier alpha value is -1.25. The topological polar surface area (TPSA) is 67.1 Å². The van der Waals surface area contributed by atoms with Crippen LogP contribution in [0.1, 0.15) is 32.8 Å². The van der Waals surface area contributed by atoms with Crippen LogP contribution in [0, 0.1) is 5.92 Å². The highest BCUT2D eigenvalue weighted by Crippen LogP contribution is 2.20. The lowest BCUT2D eigenvalue weighted by Crippen LogP contribution is -2.40. The maximum atomic E-state index is 12.1. The van der Waals surface area contributed by atoms with Gasteiger partial charge in [-0.15, -0.1) is 24.0 Å². The van der Waals surface area contributed by atoms with Gasteiger partial charge in [0.2, 0.25) is 0 Å². The zero-order chi connectivity index (χ0) is 16.2. The third-order valence-electron chi connectivity index (χ3n) is 3.47. The van der Waals surface area contributed by atoms with Gasteiger partial charge in [0.25, 0.3) is 0 Å². The number of esters is 1.